The lowest BCUT2D eigenvalue weighted by molar-refractivity contribution is -0.118. The maximum absolute atomic E-state index is 12.4. The van der Waals surface area contributed by atoms with Gasteiger partial charge in [0.15, 0.2) is 0 Å². The van der Waals surface area contributed by atoms with E-state index in [1.54, 1.807) is 4.90 Å². The van der Waals surface area contributed by atoms with Crippen LogP contribution in [0.25, 0.3) is 0 Å². The van der Waals surface area contributed by atoms with Crippen molar-refractivity contribution in [3.63, 3.8) is 0 Å². The molecular formula is C16H16N4O3. The van der Waals surface area contributed by atoms with Gasteiger partial charge in [0.1, 0.15) is 11.7 Å². The Morgan fingerprint density at radius 2 is 2.09 bits per heavy atom. The number of amides is 2. The van der Waals surface area contributed by atoms with E-state index in [4.69, 9.17) is 4.74 Å². The molecule has 2 amide bonds. The summed E-state index contributed by atoms with van der Waals surface area (Å²) >= 11 is 0. The van der Waals surface area contributed by atoms with Gasteiger partial charge in [-0.25, -0.2) is 4.98 Å². The van der Waals surface area contributed by atoms with Crippen LogP contribution in [0.5, 0.6) is 5.88 Å². The third-order valence-corrected chi connectivity index (χ3v) is 3.63. The maximum Gasteiger partial charge on any atom is 0.272 e. The smallest absolute Gasteiger partial charge is 0.272 e. The highest BCUT2D eigenvalue weighted by Crippen LogP contribution is 2.21. The minimum absolute atomic E-state index is 0.121. The van der Waals surface area contributed by atoms with E-state index >= 15 is 0 Å². The van der Waals surface area contributed by atoms with E-state index in [0.717, 1.165) is 5.69 Å². The summed E-state index contributed by atoms with van der Waals surface area (Å²) in [5, 5.41) is 2.71. The second-order valence-corrected chi connectivity index (χ2v) is 5.09. The number of rotatable bonds is 4. The summed E-state index contributed by atoms with van der Waals surface area (Å²) < 4.78 is 4.94. The van der Waals surface area contributed by atoms with Crippen LogP contribution in [0.2, 0.25) is 0 Å². The topological polar surface area (TPSA) is 84.4 Å². The molecule has 2 aromatic rings. The fourth-order valence-corrected chi connectivity index (χ4v) is 2.47. The van der Waals surface area contributed by atoms with Crippen LogP contribution in [0.1, 0.15) is 16.9 Å². The highest BCUT2D eigenvalue weighted by Gasteiger charge is 2.33. The summed E-state index contributed by atoms with van der Waals surface area (Å²) in [7, 11) is 1.45. The lowest BCUT2D eigenvalue weighted by Crippen LogP contribution is -2.41. The van der Waals surface area contributed by atoms with Gasteiger partial charge < -0.3 is 15.0 Å². The molecule has 1 aliphatic rings. The standard InChI is InChI=1S/C16H16N4O3/c1-23-14-10-17-9-13(18-14)15(21)19-12-7-8-20(16(12)22)11-5-3-2-4-6-11/h2-6,9-10,12H,7-8H2,1H3,(H,19,21). The molecule has 0 aliphatic carbocycles. The molecule has 0 saturated carbocycles. The Morgan fingerprint density at radius 1 is 1.30 bits per heavy atom. The van der Waals surface area contributed by atoms with Gasteiger partial charge in [-0.2, -0.15) is 0 Å². The Bertz CT molecular complexity index is 720. The van der Waals surface area contributed by atoms with E-state index in [1.165, 1.54) is 19.5 Å². The van der Waals surface area contributed by atoms with Gasteiger partial charge in [0.05, 0.1) is 19.5 Å². The molecule has 3 rings (SSSR count). The highest BCUT2D eigenvalue weighted by atomic mass is 16.5. The number of hydrogen-bond acceptors (Lipinski definition) is 5. The molecule has 118 valence electrons. The van der Waals surface area contributed by atoms with E-state index in [-0.39, 0.29) is 17.5 Å². The Morgan fingerprint density at radius 3 is 2.83 bits per heavy atom. The number of ether oxygens (including phenoxy) is 1. The van der Waals surface area contributed by atoms with Gasteiger partial charge in [0, 0.05) is 12.2 Å². The lowest BCUT2D eigenvalue weighted by atomic mass is 10.2. The lowest BCUT2D eigenvalue weighted by Gasteiger charge is -2.17. The first-order chi connectivity index (χ1) is 11.2. The molecule has 1 saturated heterocycles. The molecule has 0 spiro atoms. The van der Waals surface area contributed by atoms with Crippen LogP contribution in [0.3, 0.4) is 0 Å². The molecule has 1 fully saturated rings. The van der Waals surface area contributed by atoms with Crippen molar-refractivity contribution in [1.82, 2.24) is 15.3 Å². The molecule has 2 heterocycles. The molecule has 23 heavy (non-hydrogen) atoms. The van der Waals surface area contributed by atoms with E-state index in [0.29, 0.717) is 13.0 Å². The molecule has 0 bridgehead atoms. The average molecular weight is 312 g/mol. The van der Waals surface area contributed by atoms with Crippen LogP contribution in [0, 0.1) is 0 Å². The largest absolute Gasteiger partial charge is 0.480 e. The molecule has 7 nitrogen and oxygen atoms in total. The van der Waals surface area contributed by atoms with Crippen LogP contribution in [0.4, 0.5) is 5.69 Å². The van der Waals surface area contributed by atoms with Crippen LogP contribution >= 0.6 is 0 Å². The van der Waals surface area contributed by atoms with Gasteiger partial charge in [0.25, 0.3) is 5.91 Å². The Labute approximate surface area is 133 Å². The maximum atomic E-state index is 12.4. The highest BCUT2D eigenvalue weighted by molar-refractivity contribution is 6.03. The fourth-order valence-electron chi connectivity index (χ4n) is 2.47. The SMILES string of the molecule is COc1cncc(C(=O)NC2CCN(c3ccccc3)C2=O)n1. The van der Waals surface area contributed by atoms with Crippen LogP contribution in [-0.2, 0) is 4.79 Å². The number of carbonyl (C=O) groups excluding carboxylic acids is 2. The van der Waals surface area contributed by atoms with E-state index in [1.807, 2.05) is 30.3 Å². The first kappa shape index (κ1) is 15.0. The third kappa shape index (κ3) is 3.13. The van der Waals surface area contributed by atoms with Crippen LogP contribution in [-0.4, -0.2) is 41.5 Å². The number of anilines is 1. The molecule has 1 aromatic carbocycles. The van der Waals surface area contributed by atoms with Crippen LogP contribution in [0.15, 0.2) is 42.7 Å². The van der Waals surface area contributed by atoms with E-state index < -0.39 is 11.9 Å². The zero-order chi connectivity index (χ0) is 16.2. The van der Waals surface area contributed by atoms with Crippen molar-refractivity contribution in [1.29, 1.82) is 0 Å². The summed E-state index contributed by atoms with van der Waals surface area (Å²) in [5.41, 5.74) is 0.950. The van der Waals surface area contributed by atoms with Crippen molar-refractivity contribution in [3.05, 3.63) is 48.4 Å². The number of carbonyl (C=O) groups is 2. The van der Waals surface area contributed by atoms with E-state index in [9.17, 15) is 9.59 Å². The summed E-state index contributed by atoms with van der Waals surface area (Å²) in [4.78, 5) is 34.2. The van der Waals surface area contributed by atoms with Crippen molar-refractivity contribution >= 4 is 17.5 Å². The van der Waals surface area contributed by atoms with Crippen LogP contribution < -0.4 is 15.0 Å². The first-order valence-electron chi connectivity index (χ1n) is 7.22. The quantitative estimate of drug-likeness (QED) is 0.911. The van der Waals surface area contributed by atoms with Gasteiger partial charge in [-0.1, -0.05) is 18.2 Å². The molecule has 1 aliphatic heterocycles. The molecule has 1 atom stereocenters. The summed E-state index contributed by atoms with van der Waals surface area (Å²) in [6, 6.07) is 8.83. The number of benzene rings is 1. The molecular weight excluding hydrogens is 296 g/mol. The zero-order valence-electron chi connectivity index (χ0n) is 12.6. The van der Waals surface area contributed by atoms with Crippen molar-refractivity contribution in [2.24, 2.45) is 0 Å². The van der Waals surface area contributed by atoms with Gasteiger partial charge in [-0.15, -0.1) is 0 Å². The Kier molecular flexibility index (Phi) is 4.18. The van der Waals surface area contributed by atoms with Gasteiger partial charge >= 0.3 is 0 Å². The molecule has 1 aromatic heterocycles. The van der Waals surface area contributed by atoms with Crippen molar-refractivity contribution in [2.45, 2.75) is 12.5 Å². The summed E-state index contributed by atoms with van der Waals surface area (Å²) in [6.07, 6.45) is 3.30. The summed E-state index contributed by atoms with van der Waals surface area (Å²) in [6.45, 7) is 0.567. The van der Waals surface area contributed by atoms with Crippen molar-refractivity contribution in [2.75, 3.05) is 18.6 Å². The number of hydrogen-bond donors (Lipinski definition) is 1. The molecule has 7 heteroatoms. The van der Waals surface area contributed by atoms with Crippen molar-refractivity contribution < 1.29 is 14.3 Å². The minimum Gasteiger partial charge on any atom is -0.480 e. The van der Waals surface area contributed by atoms with Gasteiger partial charge in [-0.05, 0) is 18.6 Å². The van der Waals surface area contributed by atoms with Crippen molar-refractivity contribution in [3.8, 4) is 5.88 Å². The first-order valence-corrected chi connectivity index (χ1v) is 7.22. The second kappa shape index (κ2) is 6.43. The average Bonchev–Trinajstić information content (AvgIpc) is 2.96. The number of nitrogens with one attached hydrogen (secondary N) is 1. The second-order valence-electron chi connectivity index (χ2n) is 5.09. The predicted molar refractivity (Wildman–Crippen MR) is 83.3 cm³/mol. The van der Waals surface area contributed by atoms with E-state index in [2.05, 4.69) is 15.3 Å². The number of nitrogens with zero attached hydrogens (tertiary/aromatic N) is 3. The summed E-state index contributed by atoms with van der Waals surface area (Å²) in [5.74, 6) is -0.314. The zero-order valence-corrected chi connectivity index (χ0v) is 12.6. The number of methoxy groups -OCH3 is 1. The minimum atomic E-state index is -0.560. The normalized spacial score (nSPS) is 17.2. The number of aromatic nitrogens is 2. The third-order valence-electron chi connectivity index (χ3n) is 3.63. The van der Waals surface area contributed by atoms with Gasteiger partial charge in [0.2, 0.25) is 11.8 Å². The molecule has 0 radical (unpaired) electrons. The Balaban J connectivity index is 1.69. The fraction of sp³-hybridized carbons (Fsp3) is 0.250. The van der Waals surface area contributed by atoms with Gasteiger partial charge in [-0.3, -0.25) is 14.6 Å². The predicted octanol–water partition coefficient (Wildman–Crippen LogP) is 1.02. The number of para-hydroxylation sites is 1. The molecule has 1 unspecified atom stereocenters. The molecule has 1 N–H and O–H groups in total. The Hall–Kier alpha value is -2.96. The monoisotopic (exact) mass is 312 g/mol.